The molecule has 1 fully saturated rings. The van der Waals surface area contributed by atoms with E-state index < -0.39 is 26.7 Å². The first-order valence-electron chi connectivity index (χ1n) is 10.6. The summed E-state index contributed by atoms with van der Waals surface area (Å²) < 4.78 is 37.6. The number of nitro benzene ring substituents is 1. The first kappa shape index (κ1) is 25.4. The number of carbonyl (C=O) groups excluding carboxylic acids is 1. The topological polar surface area (TPSA) is 131 Å². The molecule has 0 aliphatic carbocycles. The molecule has 1 heterocycles. The minimum Gasteiger partial charge on any atom is -0.496 e. The molecule has 0 aromatic heterocycles. The van der Waals surface area contributed by atoms with Crippen LogP contribution in [0.15, 0.2) is 47.4 Å². The fraction of sp³-hybridized carbons (Fsp3) is 0.409. The minimum absolute atomic E-state index is 0.0123. The smallest absolute Gasteiger partial charge is 0.312 e. The van der Waals surface area contributed by atoms with Gasteiger partial charge in [-0.05, 0) is 25.1 Å². The molecule has 184 valence electrons. The molecule has 1 aliphatic heterocycles. The highest BCUT2D eigenvalue weighted by Crippen LogP contribution is 2.31. The Hall–Kier alpha value is -3.22. The largest absolute Gasteiger partial charge is 0.496 e. The zero-order valence-corrected chi connectivity index (χ0v) is 20.1. The lowest BCUT2D eigenvalue weighted by molar-refractivity contribution is -0.386. The molecule has 0 saturated carbocycles. The highest BCUT2D eigenvalue weighted by Gasteiger charge is 2.33. The summed E-state index contributed by atoms with van der Waals surface area (Å²) in [6.07, 6.45) is 0. The first-order chi connectivity index (χ1) is 16.2. The third-order valence-electron chi connectivity index (χ3n) is 5.83. The number of carbonyl (C=O) groups is 1. The molecule has 12 heteroatoms. The molecule has 0 bridgehead atoms. The molecule has 1 amide bonds. The molecule has 0 radical (unpaired) electrons. The summed E-state index contributed by atoms with van der Waals surface area (Å²) in [6, 6.07) is 10.5. The van der Waals surface area contributed by atoms with E-state index >= 15 is 0 Å². The molecule has 2 aromatic rings. The van der Waals surface area contributed by atoms with Gasteiger partial charge in [0.2, 0.25) is 15.9 Å². The fourth-order valence-electron chi connectivity index (χ4n) is 3.80. The maximum atomic E-state index is 13.0. The number of sulfonamides is 1. The average Bonchev–Trinajstić information content (AvgIpc) is 2.86. The summed E-state index contributed by atoms with van der Waals surface area (Å²) in [7, 11) is -1.08. The van der Waals surface area contributed by atoms with E-state index in [0.29, 0.717) is 25.4 Å². The van der Waals surface area contributed by atoms with Crippen molar-refractivity contribution in [2.75, 3.05) is 40.4 Å². The van der Waals surface area contributed by atoms with Gasteiger partial charge in [0.05, 0.1) is 30.1 Å². The predicted molar refractivity (Wildman–Crippen MR) is 124 cm³/mol. The summed E-state index contributed by atoms with van der Waals surface area (Å²) in [4.78, 5) is 25.0. The van der Waals surface area contributed by atoms with Gasteiger partial charge in [-0.3, -0.25) is 19.8 Å². The van der Waals surface area contributed by atoms with Gasteiger partial charge in [0, 0.05) is 44.4 Å². The monoisotopic (exact) mass is 492 g/mol. The lowest BCUT2D eigenvalue weighted by atomic mass is 10.2. The van der Waals surface area contributed by atoms with Crippen LogP contribution in [0.5, 0.6) is 11.5 Å². The molecule has 3 rings (SSSR count). The first-order valence-corrected chi connectivity index (χ1v) is 12.1. The lowest BCUT2D eigenvalue weighted by Gasteiger charge is -2.36. The van der Waals surface area contributed by atoms with Crippen LogP contribution in [0.25, 0.3) is 0 Å². The van der Waals surface area contributed by atoms with Gasteiger partial charge in [-0.25, -0.2) is 8.42 Å². The Balaban J connectivity index is 1.61. The van der Waals surface area contributed by atoms with Crippen LogP contribution in [0, 0.1) is 10.1 Å². The van der Waals surface area contributed by atoms with E-state index in [2.05, 4.69) is 5.32 Å². The van der Waals surface area contributed by atoms with Gasteiger partial charge in [0.1, 0.15) is 5.75 Å². The van der Waals surface area contributed by atoms with Gasteiger partial charge >= 0.3 is 5.69 Å². The molecule has 0 spiro atoms. The van der Waals surface area contributed by atoms with Crippen LogP contribution < -0.4 is 14.8 Å². The summed E-state index contributed by atoms with van der Waals surface area (Å²) in [5, 5.41) is 14.2. The van der Waals surface area contributed by atoms with Crippen molar-refractivity contribution in [1.29, 1.82) is 0 Å². The molecule has 1 saturated heterocycles. The number of methoxy groups -OCH3 is 2. The molecule has 1 N–H and O–H groups in total. The number of piperazine rings is 1. The number of para-hydroxylation sites is 1. The molecular formula is C22H28N4O7S. The number of nitro groups is 1. The molecule has 2 aromatic carbocycles. The van der Waals surface area contributed by atoms with Gasteiger partial charge in [0.15, 0.2) is 5.75 Å². The van der Waals surface area contributed by atoms with E-state index in [0.717, 1.165) is 11.6 Å². The van der Waals surface area contributed by atoms with E-state index in [9.17, 15) is 23.3 Å². The Morgan fingerprint density at radius 2 is 1.74 bits per heavy atom. The van der Waals surface area contributed by atoms with Crippen molar-refractivity contribution in [2.45, 2.75) is 24.4 Å². The van der Waals surface area contributed by atoms with Crippen LogP contribution in [0.3, 0.4) is 0 Å². The molecule has 1 aliphatic rings. The normalized spacial score (nSPS) is 16.0. The quantitative estimate of drug-likeness (QED) is 0.413. The summed E-state index contributed by atoms with van der Waals surface area (Å²) in [6.45, 7) is 3.10. The fourth-order valence-corrected chi connectivity index (χ4v) is 5.24. The highest BCUT2D eigenvalue weighted by molar-refractivity contribution is 7.89. The second-order valence-corrected chi connectivity index (χ2v) is 9.67. The SMILES string of the molecule is COc1ccccc1CNC(=O)C(C)N1CCN(S(=O)(=O)c2ccc(OC)c([N+](=O)[O-])c2)CC1. The van der Waals surface area contributed by atoms with Crippen LogP contribution in [-0.4, -0.2) is 74.9 Å². The maximum absolute atomic E-state index is 13.0. The molecule has 1 unspecified atom stereocenters. The van der Waals surface area contributed by atoms with Crippen molar-refractivity contribution >= 4 is 21.6 Å². The summed E-state index contributed by atoms with van der Waals surface area (Å²) >= 11 is 0. The van der Waals surface area contributed by atoms with Crippen molar-refractivity contribution in [3.05, 3.63) is 58.1 Å². The number of nitrogens with one attached hydrogen (secondary N) is 1. The Kier molecular flexibility index (Phi) is 8.07. The third kappa shape index (κ3) is 5.46. The van der Waals surface area contributed by atoms with Crippen molar-refractivity contribution in [1.82, 2.24) is 14.5 Å². The predicted octanol–water partition coefficient (Wildman–Crippen LogP) is 1.62. The minimum atomic E-state index is -3.93. The van der Waals surface area contributed by atoms with E-state index in [4.69, 9.17) is 9.47 Å². The van der Waals surface area contributed by atoms with Gasteiger partial charge < -0.3 is 14.8 Å². The van der Waals surface area contributed by atoms with Crippen molar-refractivity contribution in [3.8, 4) is 11.5 Å². The average molecular weight is 493 g/mol. The second kappa shape index (κ2) is 10.8. The van der Waals surface area contributed by atoms with Crippen LogP contribution in [0.2, 0.25) is 0 Å². The summed E-state index contributed by atoms with van der Waals surface area (Å²) in [5.41, 5.74) is 0.442. The Bertz CT molecular complexity index is 1150. The zero-order chi connectivity index (χ0) is 24.9. The van der Waals surface area contributed by atoms with Crippen molar-refractivity contribution in [3.63, 3.8) is 0 Å². The van der Waals surface area contributed by atoms with Crippen LogP contribution >= 0.6 is 0 Å². The van der Waals surface area contributed by atoms with Gasteiger partial charge in [-0.1, -0.05) is 18.2 Å². The standard InChI is InChI=1S/C22H28N4O7S/c1-16(22(27)23-15-17-6-4-5-7-20(17)32-2)24-10-12-25(13-11-24)34(30,31)18-8-9-21(33-3)19(14-18)26(28)29/h4-9,14,16H,10-13,15H2,1-3H3,(H,23,27). The second-order valence-electron chi connectivity index (χ2n) is 7.74. The van der Waals surface area contributed by atoms with Gasteiger partial charge in [-0.15, -0.1) is 0 Å². The molecule has 11 nitrogen and oxygen atoms in total. The third-order valence-corrected chi connectivity index (χ3v) is 7.73. The Morgan fingerprint density at radius 3 is 2.35 bits per heavy atom. The van der Waals surface area contributed by atoms with E-state index in [1.54, 1.807) is 14.0 Å². The van der Waals surface area contributed by atoms with Crippen LogP contribution in [-0.2, 0) is 21.4 Å². The van der Waals surface area contributed by atoms with Crippen LogP contribution in [0.1, 0.15) is 12.5 Å². The van der Waals surface area contributed by atoms with E-state index in [1.165, 1.54) is 23.5 Å². The number of hydrogen-bond donors (Lipinski definition) is 1. The van der Waals surface area contributed by atoms with Crippen molar-refractivity contribution < 1.29 is 27.6 Å². The number of amides is 1. The van der Waals surface area contributed by atoms with Gasteiger partial charge in [-0.2, -0.15) is 4.31 Å². The highest BCUT2D eigenvalue weighted by atomic mass is 32.2. The number of rotatable bonds is 9. The Labute approximate surface area is 198 Å². The molecule has 1 atom stereocenters. The Morgan fingerprint density at radius 1 is 1.09 bits per heavy atom. The maximum Gasteiger partial charge on any atom is 0.312 e. The lowest BCUT2D eigenvalue weighted by Crippen LogP contribution is -2.54. The molecule has 34 heavy (non-hydrogen) atoms. The van der Waals surface area contributed by atoms with E-state index in [1.807, 2.05) is 29.2 Å². The number of benzene rings is 2. The van der Waals surface area contributed by atoms with Crippen molar-refractivity contribution in [2.24, 2.45) is 0 Å². The zero-order valence-electron chi connectivity index (χ0n) is 19.3. The number of ether oxygens (including phenoxy) is 2. The van der Waals surface area contributed by atoms with E-state index in [-0.39, 0.29) is 29.6 Å². The van der Waals surface area contributed by atoms with Crippen LogP contribution in [0.4, 0.5) is 5.69 Å². The molecular weight excluding hydrogens is 464 g/mol. The summed E-state index contributed by atoms with van der Waals surface area (Å²) in [5.74, 6) is 0.503. The number of hydrogen-bond acceptors (Lipinski definition) is 8. The number of nitrogens with zero attached hydrogens (tertiary/aromatic N) is 3. The van der Waals surface area contributed by atoms with Gasteiger partial charge in [0.25, 0.3) is 0 Å².